The van der Waals surface area contributed by atoms with Gasteiger partial charge in [-0.3, -0.25) is 0 Å². The molecule has 168 valence electrons. The van der Waals surface area contributed by atoms with Gasteiger partial charge in [-0.05, 0) is 32.4 Å². The smallest absolute Gasteiger partial charge is 0.550 e. The molecule has 0 N–H and O–H groups in total. The van der Waals surface area contributed by atoms with Crippen LogP contribution < -0.4 is 56.5 Å². The third-order valence-corrected chi connectivity index (χ3v) is 5.99. The molecule has 29 heavy (non-hydrogen) atoms. The average Bonchev–Trinajstić information content (AvgIpc) is 2.68. The van der Waals surface area contributed by atoms with Crippen molar-refractivity contribution in [2.24, 2.45) is 0 Å². The minimum Gasteiger partial charge on any atom is -0.550 e. The number of carbonyl (C=O) groups is 1. The van der Waals surface area contributed by atoms with Crippen molar-refractivity contribution in [1.82, 2.24) is 4.90 Å². The van der Waals surface area contributed by atoms with E-state index >= 15 is 0 Å². The van der Waals surface area contributed by atoms with Crippen LogP contribution in [-0.4, -0.2) is 30.0 Å². The molecule has 0 aromatic carbocycles. The molecule has 0 saturated carbocycles. The Morgan fingerprint density at radius 1 is 0.655 bits per heavy atom. The molecule has 0 aliphatic carbocycles. The molecule has 0 fully saturated rings. The summed E-state index contributed by atoms with van der Waals surface area (Å²) in [5.41, 5.74) is 0. The van der Waals surface area contributed by atoms with E-state index in [1.165, 1.54) is 103 Å². The number of nitrogens with zero attached hydrogens (tertiary/aromatic N) is 1. The Kier molecular flexibility index (Phi) is 28.2. The van der Waals surface area contributed by atoms with Gasteiger partial charge in [0.05, 0.1) is 0 Å². The Morgan fingerprint density at radius 3 is 1.31 bits per heavy atom. The second-order valence-electron chi connectivity index (χ2n) is 8.62. The molecule has 0 heterocycles. The second kappa shape index (κ2) is 25.3. The van der Waals surface area contributed by atoms with Crippen molar-refractivity contribution in [2.45, 2.75) is 142 Å². The van der Waals surface area contributed by atoms with E-state index in [2.05, 4.69) is 25.7 Å². The SMILES string of the molecule is CCCCCCCCCCN(CCCCCCCCCC)C(CC)CC(=O)[O-].[K+]. The fourth-order valence-corrected chi connectivity index (χ4v) is 4.10. The molecule has 0 aromatic heterocycles. The zero-order chi connectivity index (χ0) is 20.9. The van der Waals surface area contributed by atoms with Crippen LogP contribution >= 0.6 is 0 Å². The van der Waals surface area contributed by atoms with Crippen molar-refractivity contribution >= 4 is 5.97 Å². The van der Waals surface area contributed by atoms with Crippen molar-refractivity contribution in [1.29, 1.82) is 0 Å². The summed E-state index contributed by atoms with van der Waals surface area (Å²) in [5.74, 6) is -0.899. The Hall–Kier alpha value is 1.07. The molecule has 0 aromatic rings. The molecule has 4 heteroatoms. The second-order valence-corrected chi connectivity index (χ2v) is 8.62. The average molecular weight is 436 g/mol. The first kappa shape index (κ1) is 32.2. The van der Waals surface area contributed by atoms with Crippen molar-refractivity contribution in [3.05, 3.63) is 0 Å². The zero-order valence-electron chi connectivity index (χ0n) is 20.5. The van der Waals surface area contributed by atoms with Gasteiger partial charge in [-0.2, -0.15) is 0 Å². The molecule has 0 aliphatic rings. The van der Waals surface area contributed by atoms with Gasteiger partial charge in [0.1, 0.15) is 0 Å². The maximum Gasteiger partial charge on any atom is 1.00 e. The minimum atomic E-state index is -0.899. The molecular formula is C25H50KNO2. The quantitative estimate of drug-likeness (QED) is 0.193. The maximum atomic E-state index is 11.1. The number of hydrogen-bond donors (Lipinski definition) is 0. The summed E-state index contributed by atoms with van der Waals surface area (Å²) in [6, 6.07) is 0.152. The Labute approximate surface area is 225 Å². The maximum absolute atomic E-state index is 11.1. The van der Waals surface area contributed by atoms with Gasteiger partial charge in [-0.15, -0.1) is 0 Å². The largest absolute Gasteiger partial charge is 1.00 e. The van der Waals surface area contributed by atoms with Crippen LogP contribution in [0.25, 0.3) is 0 Å². The van der Waals surface area contributed by atoms with E-state index in [-0.39, 0.29) is 63.8 Å². The van der Waals surface area contributed by atoms with Crippen LogP contribution in [-0.2, 0) is 4.79 Å². The number of carboxylic acid groups (broad SMARTS) is 1. The standard InChI is InChI=1S/C25H51NO2.K/c1-4-7-9-11-13-15-17-19-21-26(24(6-3)23-25(27)28)22-20-18-16-14-12-10-8-5-2;/h24H,4-23H2,1-3H3,(H,27,28);/q;+1/p-1. The third-order valence-electron chi connectivity index (χ3n) is 5.99. The molecule has 1 unspecified atom stereocenters. The molecule has 0 aliphatic heterocycles. The summed E-state index contributed by atoms with van der Waals surface area (Å²) < 4.78 is 0. The van der Waals surface area contributed by atoms with Gasteiger partial charge < -0.3 is 14.8 Å². The summed E-state index contributed by atoms with van der Waals surface area (Å²) in [5, 5.41) is 11.1. The Balaban J connectivity index is 0. The van der Waals surface area contributed by atoms with E-state index < -0.39 is 5.97 Å². The summed E-state index contributed by atoms with van der Waals surface area (Å²) in [4.78, 5) is 13.6. The van der Waals surface area contributed by atoms with E-state index in [1.54, 1.807) is 0 Å². The summed E-state index contributed by atoms with van der Waals surface area (Å²) in [6.45, 7) is 8.74. The Bertz CT molecular complexity index is 319. The number of aliphatic carboxylic acids is 1. The molecule has 1 atom stereocenters. The summed E-state index contributed by atoms with van der Waals surface area (Å²) >= 11 is 0. The molecule has 0 bridgehead atoms. The number of hydrogen-bond acceptors (Lipinski definition) is 3. The van der Waals surface area contributed by atoms with Crippen molar-refractivity contribution in [3.63, 3.8) is 0 Å². The molecule has 3 nitrogen and oxygen atoms in total. The van der Waals surface area contributed by atoms with Gasteiger partial charge in [0, 0.05) is 18.4 Å². The minimum absolute atomic E-state index is 0. The van der Waals surface area contributed by atoms with Crippen LogP contribution in [0.5, 0.6) is 0 Å². The summed E-state index contributed by atoms with van der Waals surface area (Å²) in [7, 11) is 0. The van der Waals surface area contributed by atoms with Gasteiger partial charge >= 0.3 is 51.4 Å². The fourth-order valence-electron chi connectivity index (χ4n) is 4.10. The van der Waals surface area contributed by atoms with Gasteiger partial charge in [0.15, 0.2) is 0 Å². The predicted octanol–water partition coefficient (Wildman–Crippen LogP) is 3.49. The van der Waals surface area contributed by atoms with E-state index in [4.69, 9.17) is 0 Å². The third kappa shape index (κ3) is 22.1. The predicted molar refractivity (Wildman–Crippen MR) is 120 cm³/mol. The normalized spacial score (nSPS) is 12.1. The van der Waals surface area contributed by atoms with Crippen molar-refractivity contribution in [2.75, 3.05) is 13.1 Å². The number of rotatable bonds is 22. The number of carboxylic acids is 1. The van der Waals surface area contributed by atoms with E-state index in [0.717, 1.165) is 19.5 Å². The monoisotopic (exact) mass is 435 g/mol. The van der Waals surface area contributed by atoms with Crippen LogP contribution in [0, 0.1) is 0 Å². The van der Waals surface area contributed by atoms with E-state index in [9.17, 15) is 9.90 Å². The fraction of sp³-hybridized carbons (Fsp3) is 0.960. The molecule has 0 saturated heterocycles. The van der Waals surface area contributed by atoms with Crippen LogP contribution in [0.2, 0.25) is 0 Å². The molecule has 0 spiro atoms. The molecule has 0 rings (SSSR count). The number of carbonyl (C=O) groups excluding carboxylic acids is 1. The van der Waals surface area contributed by atoms with Crippen LogP contribution in [0.15, 0.2) is 0 Å². The van der Waals surface area contributed by atoms with Crippen LogP contribution in [0.4, 0.5) is 0 Å². The first-order valence-electron chi connectivity index (χ1n) is 12.6. The van der Waals surface area contributed by atoms with Gasteiger partial charge in [-0.25, -0.2) is 0 Å². The first-order valence-corrected chi connectivity index (χ1v) is 12.6. The van der Waals surface area contributed by atoms with Gasteiger partial charge in [-0.1, -0.05) is 111 Å². The van der Waals surface area contributed by atoms with Gasteiger partial charge in [0.25, 0.3) is 0 Å². The zero-order valence-corrected chi connectivity index (χ0v) is 23.6. The number of unbranched alkanes of at least 4 members (excludes halogenated alkanes) is 14. The topological polar surface area (TPSA) is 43.4 Å². The molecular weight excluding hydrogens is 385 g/mol. The van der Waals surface area contributed by atoms with Crippen LogP contribution in [0.3, 0.4) is 0 Å². The first-order chi connectivity index (χ1) is 13.7. The van der Waals surface area contributed by atoms with E-state index in [1.807, 2.05) is 0 Å². The van der Waals surface area contributed by atoms with Crippen LogP contribution in [0.1, 0.15) is 136 Å². The van der Waals surface area contributed by atoms with Gasteiger partial charge in [0.2, 0.25) is 0 Å². The van der Waals surface area contributed by atoms with Crippen molar-refractivity contribution < 1.29 is 61.3 Å². The summed E-state index contributed by atoms with van der Waals surface area (Å²) in [6.07, 6.45) is 22.3. The molecule has 0 amide bonds. The van der Waals surface area contributed by atoms with Crippen molar-refractivity contribution in [3.8, 4) is 0 Å². The van der Waals surface area contributed by atoms with E-state index in [0.29, 0.717) is 0 Å². The Morgan fingerprint density at radius 2 is 1.00 bits per heavy atom. The molecule has 0 radical (unpaired) electrons.